The number of alkyl halides is 3. The Bertz CT molecular complexity index is 1010. The highest BCUT2D eigenvalue weighted by atomic mass is 19.4. The first-order valence-corrected chi connectivity index (χ1v) is 12.0. The number of benzene rings is 1. The lowest BCUT2D eigenvalue weighted by Crippen LogP contribution is -2.50. The molecule has 33 heavy (non-hydrogen) atoms. The largest absolute Gasteiger partial charge is 0.573 e. The van der Waals surface area contributed by atoms with Crippen LogP contribution in [0.15, 0.2) is 41.5 Å². The Morgan fingerprint density at radius 2 is 1.73 bits per heavy atom. The van der Waals surface area contributed by atoms with Crippen LogP contribution in [-0.2, 0) is 4.79 Å². The van der Waals surface area contributed by atoms with Gasteiger partial charge in [-0.05, 0) is 97.5 Å². The molecule has 0 aliphatic heterocycles. The molecule has 0 heterocycles. The van der Waals surface area contributed by atoms with E-state index in [-0.39, 0.29) is 34.4 Å². The highest BCUT2D eigenvalue weighted by molar-refractivity contribution is 6.05. The highest BCUT2D eigenvalue weighted by Gasteiger charge is 2.59. The van der Waals surface area contributed by atoms with Gasteiger partial charge < -0.3 is 9.84 Å². The van der Waals surface area contributed by atoms with Crippen LogP contribution >= 0.6 is 0 Å². The molecule has 3 fully saturated rings. The summed E-state index contributed by atoms with van der Waals surface area (Å²) in [7, 11) is 0. The van der Waals surface area contributed by atoms with E-state index in [0.29, 0.717) is 17.4 Å². The van der Waals surface area contributed by atoms with Crippen LogP contribution in [0.2, 0.25) is 0 Å². The van der Waals surface area contributed by atoms with Crippen molar-refractivity contribution in [3.05, 3.63) is 47.1 Å². The number of ether oxygens (including phenoxy) is 1. The summed E-state index contributed by atoms with van der Waals surface area (Å²) >= 11 is 0. The van der Waals surface area contributed by atoms with Crippen molar-refractivity contribution in [1.82, 2.24) is 0 Å². The Kier molecular flexibility index (Phi) is 5.31. The van der Waals surface area contributed by atoms with Gasteiger partial charge in [0.05, 0.1) is 6.10 Å². The quantitative estimate of drug-likeness (QED) is 0.406. The third-order valence-electron chi connectivity index (χ3n) is 9.17. The summed E-state index contributed by atoms with van der Waals surface area (Å²) < 4.78 is 41.2. The third-order valence-corrected chi connectivity index (χ3v) is 9.17. The molecule has 0 amide bonds. The maximum Gasteiger partial charge on any atom is 0.573 e. The van der Waals surface area contributed by atoms with Crippen molar-refractivity contribution in [2.75, 3.05) is 0 Å². The van der Waals surface area contributed by atoms with E-state index in [0.717, 1.165) is 50.5 Å². The van der Waals surface area contributed by atoms with Gasteiger partial charge in [0.1, 0.15) is 5.75 Å². The van der Waals surface area contributed by atoms with Crippen LogP contribution in [0.5, 0.6) is 5.75 Å². The minimum Gasteiger partial charge on any atom is -0.406 e. The standard InChI is InChI=1S/C27H31F3O3/c1-25-11-9-19(31)15-18(25)5-8-21-22(25)10-12-26(2)23(21)14-17(24(26)32)13-16-3-6-20(7-4-16)33-27(28,29)30/h3-7,13,19,21-23,31H,8-12,14-15H2,1-2H3/b17-13+/t19-,21-,22+,23+,25-,26+/m0/s1. The molecule has 0 bridgehead atoms. The van der Waals surface area contributed by atoms with Crippen molar-refractivity contribution in [1.29, 1.82) is 0 Å². The Hall–Kier alpha value is -2.08. The van der Waals surface area contributed by atoms with Gasteiger partial charge in [-0.25, -0.2) is 0 Å². The molecule has 6 atom stereocenters. The van der Waals surface area contributed by atoms with Crippen molar-refractivity contribution in [2.24, 2.45) is 28.6 Å². The van der Waals surface area contributed by atoms with Crippen LogP contribution in [0.1, 0.15) is 64.4 Å². The van der Waals surface area contributed by atoms with Crippen LogP contribution < -0.4 is 4.74 Å². The fourth-order valence-corrected chi connectivity index (χ4v) is 7.41. The number of carbonyl (C=O) groups is 1. The summed E-state index contributed by atoms with van der Waals surface area (Å²) in [4.78, 5) is 13.5. The molecule has 3 nitrogen and oxygen atoms in total. The van der Waals surface area contributed by atoms with Gasteiger partial charge in [0, 0.05) is 5.41 Å². The fraction of sp³-hybridized carbons (Fsp3) is 0.593. The lowest BCUT2D eigenvalue weighted by Gasteiger charge is -2.56. The van der Waals surface area contributed by atoms with E-state index in [1.54, 1.807) is 12.1 Å². The Morgan fingerprint density at radius 3 is 2.42 bits per heavy atom. The van der Waals surface area contributed by atoms with Gasteiger partial charge in [-0.15, -0.1) is 13.2 Å². The highest BCUT2D eigenvalue weighted by Crippen LogP contribution is 2.64. The molecule has 0 saturated heterocycles. The number of Topliss-reactive ketones (excluding diaryl/α,β-unsaturated/α-hetero) is 1. The van der Waals surface area contributed by atoms with Crippen molar-refractivity contribution in [3.63, 3.8) is 0 Å². The maximum atomic E-state index is 13.5. The average molecular weight is 461 g/mol. The Labute approximate surface area is 192 Å². The maximum absolute atomic E-state index is 13.5. The van der Waals surface area contributed by atoms with Crippen molar-refractivity contribution >= 4 is 11.9 Å². The molecule has 1 aromatic carbocycles. The zero-order valence-corrected chi connectivity index (χ0v) is 19.1. The number of rotatable bonds is 2. The fourth-order valence-electron chi connectivity index (χ4n) is 7.41. The molecule has 5 rings (SSSR count). The molecular formula is C27H31F3O3. The van der Waals surface area contributed by atoms with Gasteiger partial charge in [-0.1, -0.05) is 37.6 Å². The van der Waals surface area contributed by atoms with Crippen LogP contribution in [0.4, 0.5) is 13.2 Å². The number of halogens is 3. The number of aliphatic hydroxyl groups excluding tert-OH is 1. The smallest absolute Gasteiger partial charge is 0.406 e. The van der Waals surface area contributed by atoms with Gasteiger partial charge in [-0.3, -0.25) is 4.79 Å². The number of ketones is 1. The first-order chi connectivity index (χ1) is 15.5. The summed E-state index contributed by atoms with van der Waals surface area (Å²) in [5.41, 5.74) is 2.65. The van der Waals surface area contributed by atoms with Crippen molar-refractivity contribution < 1.29 is 27.8 Å². The van der Waals surface area contributed by atoms with Gasteiger partial charge in [0.2, 0.25) is 0 Å². The molecule has 0 aromatic heterocycles. The third kappa shape index (κ3) is 3.84. The normalized spacial score (nSPS) is 39.5. The van der Waals surface area contributed by atoms with E-state index in [9.17, 15) is 23.1 Å². The number of allylic oxidation sites excluding steroid dienone is 2. The van der Waals surface area contributed by atoms with Gasteiger partial charge in [0.25, 0.3) is 0 Å². The van der Waals surface area contributed by atoms with Gasteiger partial charge in [0.15, 0.2) is 5.78 Å². The molecule has 1 aromatic rings. The van der Waals surface area contributed by atoms with E-state index in [2.05, 4.69) is 24.7 Å². The summed E-state index contributed by atoms with van der Waals surface area (Å²) in [6.45, 7) is 4.48. The summed E-state index contributed by atoms with van der Waals surface area (Å²) in [6.07, 6.45) is 5.47. The number of aliphatic hydroxyl groups is 1. The van der Waals surface area contributed by atoms with Gasteiger partial charge >= 0.3 is 6.36 Å². The van der Waals surface area contributed by atoms with Crippen LogP contribution in [-0.4, -0.2) is 23.4 Å². The minimum absolute atomic E-state index is 0.118. The zero-order chi connectivity index (χ0) is 23.6. The van der Waals surface area contributed by atoms with E-state index < -0.39 is 6.36 Å². The van der Waals surface area contributed by atoms with E-state index in [1.807, 2.05) is 6.08 Å². The minimum atomic E-state index is -4.72. The molecule has 178 valence electrons. The Morgan fingerprint density at radius 1 is 1.03 bits per heavy atom. The molecule has 4 aliphatic carbocycles. The van der Waals surface area contributed by atoms with E-state index >= 15 is 0 Å². The molecule has 1 N–H and O–H groups in total. The molecule has 0 unspecified atom stereocenters. The predicted octanol–water partition coefficient (Wildman–Crippen LogP) is 6.47. The second-order valence-electron chi connectivity index (χ2n) is 10.9. The topological polar surface area (TPSA) is 46.5 Å². The molecular weight excluding hydrogens is 429 g/mol. The van der Waals surface area contributed by atoms with Crippen LogP contribution in [0.25, 0.3) is 6.08 Å². The molecule has 0 spiro atoms. The van der Waals surface area contributed by atoms with Crippen LogP contribution in [0.3, 0.4) is 0 Å². The number of hydrogen-bond acceptors (Lipinski definition) is 3. The Balaban J connectivity index is 1.40. The second-order valence-corrected chi connectivity index (χ2v) is 10.9. The average Bonchev–Trinajstić information content (AvgIpc) is 2.99. The number of fused-ring (bicyclic) bond motifs is 5. The second kappa shape index (κ2) is 7.72. The summed E-state index contributed by atoms with van der Waals surface area (Å²) in [5, 5.41) is 10.2. The first kappa shape index (κ1) is 22.7. The lowest BCUT2D eigenvalue weighted by molar-refractivity contribution is -0.274. The number of hydrogen-bond donors (Lipinski definition) is 1. The van der Waals surface area contributed by atoms with E-state index in [4.69, 9.17) is 0 Å². The molecule has 3 saturated carbocycles. The summed E-state index contributed by atoms with van der Waals surface area (Å²) in [5.74, 6) is 1.20. The van der Waals surface area contributed by atoms with Crippen molar-refractivity contribution in [3.8, 4) is 5.75 Å². The van der Waals surface area contributed by atoms with Gasteiger partial charge in [-0.2, -0.15) is 0 Å². The lowest BCUT2D eigenvalue weighted by atomic mass is 9.48. The number of carbonyl (C=O) groups excluding carboxylic acids is 1. The molecule has 4 aliphatic rings. The predicted molar refractivity (Wildman–Crippen MR) is 119 cm³/mol. The van der Waals surface area contributed by atoms with E-state index in [1.165, 1.54) is 17.7 Å². The molecule has 6 heteroatoms. The molecule has 0 radical (unpaired) electrons. The van der Waals surface area contributed by atoms with Crippen LogP contribution in [0, 0.1) is 28.6 Å². The summed E-state index contributed by atoms with van der Waals surface area (Å²) in [6, 6.07) is 5.71. The zero-order valence-electron chi connectivity index (χ0n) is 19.1. The van der Waals surface area contributed by atoms with Crippen molar-refractivity contribution in [2.45, 2.75) is 71.3 Å². The first-order valence-electron chi connectivity index (χ1n) is 12.0. The monoisotopic (exact) mass is 460 g/mol. The SMILES string of the molecule is C[C@@]12CC[C@@H]3[C@H](CC=C4C[C@@H](O)CC[C@@]43C)[C@H]1C/C(=C\c1ccc(OC(F)(F)F)cc1)C2=O.